The average molecular weight is 117 g/mol. The molecule has 0 aliphatic carbocycles. The number of anilines is 1. The summed E-state index contributed by atoms with van der Waals surface area (Å²) in [5.41, 5.74) is 0. The first kappa shape index (κ1) is 4.38. The van der Waals surface area contributed by atoms with Crippen LogP contribution in [0.3, 0.4) is 0 Å². The number of tetrazole rings is 1. The predicted molar refractivity (Wildman–Crippen MR) is 26.8 cm³/mol. The van der Waals surface area contributed by atoms with Crippen LogP contribution in [0.4, 0.5) is 5.95 Å². The van der Waals surface area contributed by atoms with Gasteiger partial charge in [-0.3, -0.25) is 4.72 Å². The second-order valence-corrected chi connectivity index (χ2v) is 1.07. The topological polar surface area (TPSA) is 66.5 Å². The largest absolute Gasteiger partial charge is 0.298 e. The highest BCUT2D eigenvalue weighted by molar-refractivity contribution is 7.81. The fourth-order valence-corrected chi connectivity index (χ4v) is 0.304. The summed E-state index contributed by atoms with van der Waals surface area (Å²) in [5.74, 6) is 0.378. The fraction of sp³-hybridized carbons (Fsp3) is 0. The van der Waals surface area contributed by atoms with E-state index in [9.17, 15) is 0 Å². The first-order chi connectivity index (χ1) is 3.43. The normalized spacial score (nSPS) is 8.71. The number of nitrogens with one attached hydrogen (secondary N) is 2. The minimum atomic E-state index is 0.378. The number of hydrogen-bond donors (Lipinski definition) is 3. The molecule has 5 nitrogen and oxygen atoms in total. The Hall–Kier alpha value is -0.780. The highest BCUT2D eigenvalue weighted by Crippen LogP contribution is 1.88. The highest BCUT2D eigenvalue weighted by Gasteiger charge is 1.86. The zero-order valence-corrected chi connectivity index (χ0v) is 4.18. The molecular weight excluding hydrogens is 114 g/mol. The Labute approximate surface area is 45.0 Å². The van der Waals surface area contributed by atoms with Crippen molar-refractivity contribution in [1.82, 2.24) is 20.6 Å². The fourth-order valence-electron chi connectivity index (χ4n) is 0.209. The summed E-state index contributed by atoms with van der Waals surface area (Å²) >= 11 is 3.64. The Kier molecular flexibility index (Phi) is 1.12. The summed E-state index contributed by atoms with van der Waals surface area (Å²) in [5, 5.41) is 12.5. The van der Waals surface area contributed by atoms with E-state index in [1.807, 2.05) is 0 Å². The molecule has 0 amide bonds. The average Bonchev–Trinajstić information content (AvgIpc) is 2.14. The van der Waals surface area contributed by atoms with Crippen LogP contribution in [-0.2, 0) is 0 Å². The van der Waals surface area contributed by atoms with Crippen molar-refractivity contribution in [2.24, 2.45) is 0 Å². The Morgan fingerprint density at radius 2 is 2.57 bits per heavy atom. The van der Waals surface area contributed by atoms with Crippen molar-refractivity contribution in [3.05, 3.63) is 0 Å². The van der Waals surface area contributed by atoms with Crippen LogP contribution in [0.25, 0.3) is 0 Å². The molecule has 0 spiro atoms. The van der Waals surface area contributed by atoms with E-state index in [1.165, 1.54) is 0 Å². The minimum absolute atomic E-state index is 0.378. The third-order valence-electron chi connectivity index (χ3n) is 0.445. The van der Waals surface area contributed by atoms with Crippen molar-refractivity contribution in [3.63, 3.8) is 0 Å². The van der Waals surface area contributed by atoms with Crippen molar-refractivity contribution >= 4 is 18.8 Å². The molecule has 0 radical (unpaired) electrons. The number of rotatable bonds is 1. The van der Waals surface area contributed by atoms with E-state index in [1.54, 1.807) is 0 Å². The van der Waals surface area contributed by atoms with Gasteiger partial charge in [0.2, 0.25) is 0 Å². The molecule has 1 rings (SSSR count). The van der Waals surface area contributed by atoms with Gasteiger partial charge in [0.1, 0.15) is 0 Å². The van der Waals surface area contributed by atoms with Crippen LogP contribution in [0, 0.1) is 0 Å². The van der Waals surface area contributed by atoms with Gasteiger partial charge in [-0.25, -0.2) is 0 Å². The van der Waals surface area contributed by atoms with Crippen LogP contribution in [0.5, 0.6) is 0 Å². The molecular formula is CH3N5S. The lowest BCUT2D eigenvalue weighted by Gasteiger charge is -1.78. The van der Waals surface area contributed by atoms with Gasteiger partial charge in [-0.05, 0) is 5.21 Å². The smallest absolute Gasteiger partial charge is 0.272 e. The summed E-state index contributed by atoms with van der Waals surface area (Å²) in [7, 11) is 0. The first-order valence-corrected chi connectivity index (χ1v) is 2.02. The van der Waals surface area contributed by atoms with Crippen LogP contribution in [0.15, 0.2) is 0 Å². The van der Waals surface area contributed by atoms with E-state index in [2.05, 4.69) is 38.2 Å². The number of aromatic nitrogens is 4. The molecule has 0 aliphatic heterocycles. The van der Waals surface area contributed by atoms with E-state index in [0.717, 1.165) is 0 Å². The molecule has 1 aromatic rings. The van der Waals surface area contributed by atoms with E-state index in [4.69, 9.17) is 0 Å². The second-order valence-electron chi connectivity index (χ2n) is 0.847. The van der Waals surface area contributed by atoms with Crippen molar-refractivity contribution in [2.45, 2.75) is 0 Å². The van der Waals surface area contributed by atoms with E-state index < -0.39 is 0 Å². The molecule has 1 heterocycles. The maximum absolute atomic E-state index is 3.64. The van der Waals surface area contributed by atoms with E-state index in [-0.39, 0.29) is 0 Å². The molecule has 0 aromatic carbocycles. The lowest BCUT2D eigenvalue weighted by molar-refractivity contribution is 0.881. The van der Waals surface area contributed by atoms with Gasteiger partial charge >= 0.3 is 0 Å². The minimum Gasteiger partial charge on any atom is -0.298 e. The monoisotopic (exact) mass is 117 g/mol. The number of thiol groups is 1. The van der Waals surface area contributed by atoms with Crippen molar-refractivity contribution in [1.29, 1.82) is 0 Å². The molecule has 6 heteroatoms. The Morgan fingerprint density at radius 1 is 1.71 bits per heavy atom. The maximum atomic E-state index is 3.64. The summed E-state index contributed by atoms with van der Waals surface area (Å²) in [6.45, 7) is 0. The lowest BCUT2D eigenvalue weighted by atomic mass is 11.2. The third kappa shape index (κ3) is 0.801. The summed E-state index contributed by atoms with van der Waals surface area (Å²) < 4.78 is 2.39. The second kappa shape index (κ2) is 1.78. The molecule has 0 saturated heterocycles. The van der Waals surface area contributed by atoms with Crippen molar-refractivity contribution in [2.75, 3.05) is 4.72 Å². The van der Waals surface area contributed by atoms with Gasteiger partial charge in [0.05, 0.1) is 0 Å². The predicted octanol–water partition coefficient (Wildman–Crippen LogP) is -0.544. The number of nitrogens with zero attached hydrogens (tertiary/aromatic N) is 3. The van der Waals surface area contributed by atoms with Crippen molar-refractivity contribution < 1.29 is 0 Å². The van der Waals surface area contributed by atoms with E-state index in [0.29, 0.717) is 5.95 Å². The van der Waals surface area contributed by atoms with Crippen LogP contribution in [0.1, 0.15) is 0 Å². The van der Waals surface area contributed by atoms with Gasteiger partial charge in [-0.1, -0.05) is 17.9 Å². The lowest BCUT2D eigenvalue weighted by Crippen LogP contribution is -1.80. The Bertz CT molecular complexity index is 123. The van der Waals surface area contributed by atoms with Gasteiger partial charge in [0.15, 0.2) is 0 Å². The van der Waals surface area contributed by atoms with Crippen LogP contribution in [0.2, 0.25) is 0 Å². The Balaban J connectivity index is 2.76. The third-order valence-corrected chi connectivity index (χ3v) is 0.645. The summed E-state index contributed by atoms with van der Waals surface area (Å²) in [4.78, 5) is 0. The molecule has 0 saturated carbocycles. The zero-order valence-electron chi connectivity index (χ0n) is 3.29. The molecule has 38 valence electrons. The van der Waals surface area contributed by atoms with Gasteiger partial charge in [0, 0.05) is 0 Å². The van der Waals surface area contributed by atoms with Gasteiger partial charge in [-0.15, -0.1) is 5.10 Å². The number of H-pyrrole nitrogens is 1. The zero-order chi connectivity index (χ0) is 5.11. The summed E-state index contributed by atoms with van der Waals surface area (Å²) in [6.07, 6.45) is 0. The highest BCUT2D eigenvalue weighted by atomic mass is 32.1. The number of aromatic amines is 1. The summed E-state index contributed by atoms with van der Waals surface area (Å²) in [6, 6.07) is 0. The molecule has 7 heavy (non-hydrogen) atoms. The standard InChI is InChI=1S/CH3N5S/c7-4-1-2-5-6-3-1/h7H,(H2,2,3,4,5,6). The number of hydrogen-bond acceptors (Lipinski definition) is 5. The molecule has 0 bridgehead atoms. The molecule has 1 aromatic heterocycles. The SMILES string of the molecule is SNc1nn[nH]n1. The maximum Gasteiger partial charge on any atom is 0.272 e. The van der Waals surface area contributed by atoms with Gasteiger partial charge < -0.3 is 0 Å². The van der Waals surface area contributed by atoms with Crippen LogP contribution < -0.4 is 4.72 Å². The molecule has 0 atom stereocenters. The molecule has 0 unspecified atom stereocenters. The molecule has 0 aliphatic rings. The molecule has 0 fully saturated rings. The van der Waals surface area contributed by atoms with Crippen molar-refractivity contribution in [3.8, 4) is 0 Å². The van der Waals surface area contributed by atoms with Gasteiger partial charge in [0.25, 0.3) is 5.95 Å². The molecule has 2 N–H and O–H groups in total. The Morgan fingerprint density at radius 3 is 2.86 bits per heavy atom. The van der Waals surface area contributed by atoms with Crippen LogP contribution in [-0.4, -0.2) is 20.6 Å². The first-order valence-electron chi connectivity index (χ1n) is 1.57. The quantitative estimate of drug-likeness (QED) is 0.432. The van der Waals surface area contributed by atoms with E-state index >= 15 is 0 Å². The van der Waals surface area contributed by atoms with Gasteiger partial charge in [-0.2, -0.15) is 5.21 Å². The van der Waals surface area contributed by atoms with Crippen LogP contribution >= 0.6 is 12.8 Å².